The molecule has 6 heteroatoms. The zero-order valence-corrected chi connectivity index (χ0v) is 16.7. The Kier molecular flexibility index (Phi) is 5.81. The van der Waals surface area contributed by atoms with E-state index in [1.54, 1.807) is 6.07 Å². The van der Waals surface area contributed by atoms with Crippen molar-refractivity contribution in [2.75, 3.05) is 26.7 Å². The van der Waals surface area contributed by atoms with Gasteiger partial charge >= 0.3 is 12.0 Å². The fourth-order valence-electron chi connectivity index (χ4n) is 4.38. The molecule has 0 aliphatic carbocycles. The number of nitrogens with zero attached hydrogens (tertiary/aromatic N) is 2. The highest BCUT2D eigenvalue weighted by Crippen LogP contribution is 2.34. The average Bonchev–Trinajstić information content (AvgIpc) is 3.10. The van der Waals surface area contributed by atoms with Crippen LogP contribution in [0.15, 0.2) is 54.6 Å². The van der Waals surface area contributed by atoms with Gasteiger partial charge in [-0.25, -0.2) is 9.59 Å². The Balaban J connectivity index is 1.58. The van der Waals surface area contributed by atoms with E-state index in [1.807, 2.05) is 41.3 Å². The molecule has 29 heavy (non-hydrogen) atoms. The summed E-state index contributed by atoms with van der Waals surface area (Å²) in [6, 6.07) is 18.0. The Hall–Kier alpha value is -2.86. The number of carbonyl (C=O) groups excluding carboxylic acids is 2. The third kappa shape index (κ3) is 4.12. The third-order valence-corrected chi connectivity index (χ3v) is 5.83. The number of piperidine rings is 1. The van der Waals surface area contributed by atoms with Crippen molar-refractivity contribution >= 4 is 12.0 Å². The van der Waals surface area contributed by atoms with Gasteiger partial charge < -0.3 is 19.9 Å². The van der Waals surface area contributed by atoms with Gasteiger partial charge in [-0.15, -0.1) is 0 Å². The van der Waals surface area contributed by atoms with E-state index < -0.39 is 0 Å². The summed E-state index contributed by atoms with van der Waals surface area (Å²) in [5.41, 5.74) is 2.61. The van der Waals surface area contributed by atoms with Crippen LogP contribution in [0.1, 0.15) is 40.4 Å². The highest BCUT2D eigenvalue weighted by molar-refractivity contribution is 5.89. The van der Waals surface area contributed by atoms with Crippen LogP contribution in [-0.4, -0.2) is 54.6 Å². The van der Waals surface area contributed by atoms with E-state index in [4.69, 9.17) is 4.74 Å². The number of nitrogens with one attached hydrogen (secondary N) is 1. The highest BCUT2D eigenvalue weighted by atomic mass is 16.5. The van der Waals surface area contributed by atoms with Crippen LogP contribution in [0.4, 0.5) is 4.79 Å². The van der Waals surface area contributed by atoms with Crippen LogP contribution in [0.2, 0.25) is 0 Å². The van der Waals surface area contributed by atoms with Gasteiger partial charge in [0.05, 0.1) is 18.7 Å². The zero-order chi connectivity index (χ0) is 20.2. The van der Waals surface area contributed by atoms with Crippen LogP contribution in [0, 0.1) is 0 Å². The number of amides is 2. The summed E-state index contributed by atoms with van der Waals surface area (Å²) >= 11 is 0. The maximum atomic E-state index is 13.4. The number of hydrogen-bond donors (Lipinski definition) is 1. The molecule has 2 amide bonds. The molecule has 1 N–H and O–H groups in total. The van der Waals surface area contributed by atoms with Crippen LogP contribution >= 0.6 is 0 Å². The minimum Gasteiger partial charge on any atom is -0.465 e. The van der Waals surface area contributed by atoms with E-state index in [9.17, 15) is 9.59 Å². The van der Waals surface area contributed by atoms with Crippen molar-refractivity contribution in [2.24, 2.45) is 0 Å². The molecule has 2 aromatic carbocycles. The van der Waals surface area contributed by atoms with Crippen molar-refractivity contribution in [1.82, 2.24) is 15.1 Å². The Morgan fingerprint density at radius 3 is 2.59 bits per heavy atom. The van der Waals surface area contributed by atoms with Gasteiger partial charge in [0, 0.05) is 19.1 Å². The normalized spacial score (nSPS) is 20.2. The molecular formula is C23H27N3O3. The van der Waals surface area contributed by atoms with Crippen molar-refractivity contribution in [1.29, 1.82) is 0 Å². The van der Waals surface area contributed by atoms with Crippen LogP contribution in [0.25, 0.3) is 0 Å². The van der Waals surface area contributed by atoms with Crippen molar-refractivity contribution in [3.8, 4) is 0 Å². The zero-order valence-electron chi connectivity index (χ0n) is 16.7. The number of rotatable bonds is 5. The average molecular weight is 393 g/mol. The summed E-state index contributed by atoms with van der Waals surface area (Å²) in [7, 11) is 1.38. The molecule has 2 aromatic rings. The molecule has 0 bridgehead atoms. The molecule has 4 rings (SSSR count). The summed E-state index contributed by atoms with van der Waals surface area (Å²) in [6.07, 6.45) is 1.95. The fraction of sp³-hybridized carbons (Fsp3) is 0.391. The molecule has 152 valence electrons. The predicted molar refractivity (Wildman–Crippen MR) is 111 cm³/mol. The van der Waals surface area contributed by atoms with E-state index in [1.165, 1.54) is 12.7 Å². The number of carbonyl (C=O) groups is 2. The molecule has 0 unspecified atom stereocenters. The first kappa shape index (κ1) is 19.5. The number of esters is 1. The maximum Gasteiger partial charge on any atom is 0.337 e. The van der Waals surface area contributed by atoms with Crippen LogP contribution in [0.3, 0.4) is 0 Å². The first-order valence-corrected chi connectivity index (χ1v) is 10.2. The molecule has 0 aromatic heterocycles. The van der Waals surface area contributed by atoms with Gasteiger partial charge in [0.15, 0.2) is 0 Å². The highest BCUT2D eigenvalue weighted by Gasteiger charge is 2.42. The summed E-state index contributed by atoms with van der Waals surface area (Å²) < 4.78 is 4.82. The minimum absolute atomic E-state index is 0.0515. The lowest BCUT2D eigenvalue weighted by Gasteiger charge is -2.35. The smallest absolute Gasteiger partial charge is 0.337 e. The molecule has 2 saturated heterocycles. The molecule has 1 atom stereocenters. The number of hydrogen-bond acceptors (Lipinski definition) is 4. The minimum atomic E-state index is -0.363. The molecule has 0 spiro atoms. The van der Waals surface area contributed by atoms with Crippen LogP contribution in [-0.2, 0) is 11.3 Å². The van der Waals surface area contributed by atoms with Crippen LogP contribution in [0.5, 0.6) is 0 Å². The number of methoxy groups -OCH3 is 1. The second-order valence-corrected chi connectivity index (χ2v) is 7.67. The van der Waals surface area contributed by atoms with E-state index in [0.29, 0.717) is 18.7 Å². The molecule has 2 aliphatic rings. The summed E-state index contributed by atoms with van der Waals surface area (Å²) in [4.78, 5) is 29.2. The van der Waals surface area contributed by atoms with E-state index >= 15 is 0 Å². The molecule has 2 heterocycles. The quantitative estimate of drug-likeness (QED) is 0.793. The maximum absolute atomic E-state index is 13.4. The standard InChI is InChI=1S/C23H27N3O3/c1-29-22(27)19-9-5-6-17(14-19)15-25-16-21(18-7-3-2-4-8-18)26(23(25)28)20-10-12-24-13-11-20/h2-9,14,20-21,24H,10-13,15-16H2,1H3/t21-/m0/s1. The van der Waals surface area contributed by atoms with Gasteiger partial charge in [-0.2, -0.15) is 0 Å². The number of ether oxygens (including phenoxy) is 1. The molecule has 0 radical (unpaired) electrons. The largest absolute Gasteiger partial charge is 0.465 e. The summed E-state index contributed by atoms with van der Waals surface area (Å²) in [6.45, 7) is 3.01. The topological polar surface area (TPSA) is 61.9 Å². The number of benzene rings is 2. The van der Waals surface area contributed by atoms with Gasteiger partial charge in [0.1, 0.15) is 0 Å². The monoisotopic (exact) mass is 393 g/mol. The lowest BCUT2D eigenvalue weighted by Crippen LogP contribution is -2.45. The molecular weight excluding hydrogens is 366 g/mol. The van der Waals surface area contributed by atoms with Gasteiger partial charge in [-0.3, -0.25) is 0 Å². The molecule has 0 saturated carbocycles. The Morgan fingerprint density at radius 2 is 1.86 bits per heavy atom. The lowest BCUT2D eigenvalue weighted by molar-refractivity contribution is 0.0600. The Morgan fingerprint density at radius 1 is 1.10 bits per heavy atom. The van der Waals surface area contributed by atoms with Crippen molar-refractivity contribution in [3.63, 3.8) is 0 Å². The van der Waals surface area contributed by atoms with Gasteiger partial charge in [-0.1, -0.05) is 42.5 Å². The van der Waals surface area contributed by atoms with E-state index in [0.717, 1.165) is 31.5 Å². The van der Waals surface area contributed by atoms with Gasteiger partial charge in [0.25, 0.3) is 0 Å². The third-order valence-electron chi connectivity index (χ3n) is 5.83. The molecule has 2 fully saturated rings. The summed E-state index contributed by atoms with van der Waals surface area (Å²) in [5.74, 6) is -0.363. The van der Waals surface area contributed by atoms with Crippen molar-refractivity contribution in [3.05, 3.63) is 71.3 Å². The second kappa shape index (κ2) is 8.66. The number of urea groups is 1. The van der Waals surface area contributed by atoms with Gasteiger partial charge in [0.2, 0.25) is 0 Å². The van der Waals surface area contributed by atoms with E-state index in [-0.39, 0.29) is 24.1 Å². The first-order chi connectivity index (χ1) is 14.2. The Bertz CT molecular complexity index is 865. The van der Waals surface area contributed by atoms with Crippen molar-refractivity contribution in [2.45, 2.75) is 31.5 Å². The van der Waals surface area contributed by atoms with Crippen molar-refractivity contribution < 1.29 is 14.3 Å². The summed E-state index contributed by atoms with van der Waals surface area (Å²) in [5, 5.41) is 3.39. The lowest BCUT2D eigenvalue weighted by atomic mass is 10.00. The second-order valence-electron chi connectivity index (χ2n) is 7.67. The van der Waals surface area contributed by atoms with E-state index in [2.05, 4.69) is 22.3 Å². The van der Waals surface area contributed by atoms with Gasteiger partial charge in [-0.05, 0) is 49.2 Å². The fourth-order valence-corrected chi connectivity index (χ4v) is 4.38. The Labute approximate surface area is 171 Å². The first-order valence-electron chi connectivity index (χ1n) is 10.2. The predicted octanol–water partition coefficient (Wildman–Crippen LogP) is 3.20. The molecule has 2 aliphatic heterocycles. The molecule has 6 nitrogen and oxygen atoms in total. The SMILES string of the molecule is COC(=O)c1cccc(CN2C[C@@H](c3ccccc3)N(C3CCNCC3)C2=O)c1. The van der Waals surface area contributed by atoms with Crippen LogP contribution < -0.4 is 5.32 Å².